The summed E-state index contributed by atoms with van der Waals surface area (Å²) in [7, 11) is 0. The molecule has 0 unspecified atom stereocenters. The van der Waals surface area contributed by atoms with Crippen molar-refractivity contribution >= 4 is 45.1 Å². The van der Waals surface area contributed by atoms with Gasteiger partial charge in [-0.3, -0.25) is 9.59 Å². The first kappa shape index (κ1) is 16.0. The standard InChI is InChI=1S/C14H14BrN3O2.ClH/c15-8-1-2-12-10(5-8)11(6-13(19)17-12)14(20)18-4-3-9(16)7-18;/h1-2,5-6,9H,3-4,7,16H2,(H,17,19);1H/t9-;/m0./s1. The van der Waals surface area contributed by atoms with Gasteiger partial charge in [0.1, 0.15) is 0 Å². The Morgan fingerprint density at radius 3 is 2.81 bits per heavy atom. The molecule has 2 aromatic rings. The average Bonchev–Trinajstić information content (AvgIpc) is 2.84. The number of hydrogen-bond donors (Lipinski definition) is 2. The van der Waals surface area contributed by atoms with Crippen molar-refractivity contribution in [3.8, 4) is 0 Å². The fourth-order valence-electron chi connectivity index (χ4n) is 2.55. The van der Waals surface area contributed by atoms with Gasteiger partial charge >= 0.3 is 0 Å². The van der Waals surface area contributed by atoms with Gasteiger partial charge in [-0.25, -0.2) is 0 Å². The summed E-state index contributed by atoms with van der Waals surface area (Å²) in [5, 5.41) is 0.740. The molecule has 3 rings (SSSR count). The third-order valence-corrected chi connectivity index (χ3v) is 4.04. The van der Waals surface area contributed by atoms with E-state index in [0.717, 1.165) is 16.3 Å². The Bertz CT molecular complexity index is 747. The van der Waals surface area contributed by atoms with Gasteiger partial charge in [0.15, 0.2) is 0 Å². The molecule has 0 saturated carbocycles. The summed E-state index contributed by atoms with van der Waals surface area (Å²) >= 11 is 3.39. The molecule has 1 amide bonds. The third-order valence-electron chi connectivity index (χ3n) is 3.55. The molecular formula is C14H15BrClN3O2. The predicted molar refractivity (Wildman–Crippen MR) is 88.0 cm³/mol. The van der Waals surface area contributed by atoms with E-state index < -0.39 is 0 Å². The van der Waals surface area contributed by atoms with Crippen molar-refractivity contribution in [2.45, 2.75) is 12.5 Å². The van der Waals surface area contributed by atoms with E-state index in [1.165, 1.54) is 6.07 Å². The van der Waals surface area contributed by atoms with Crippen LogP contribution in [0.1, 0.15) is 16.8 Å². The largest absolute Gasteiger partial charge is 0.337 e. The number of H-pyrrole nitrogens is 1. The summed E-state index contributed by atoms with van der Waals surface area (Å²) in [6, 6.07) is 6.85. The lowest BCUT2D eigenvalue weighted by Gasteiger charge is -2.17. The Labute approximate surface area is 136 Å². The first-order valence-electron chi connectivity index (χ1n) is 6.42. The van der Waals surface area contributed by atoms with Gasteiger partial charge in [-0.15, -0.1) is 12.4 Å². The van der Waals surface area contributed by atoms with Crippen LogP contribution in [0.5, 0.6) is 0 Å². The van der Waals surface area contributed by atoms with E-state index in [1.807, 2.05) is 12.1 Å². The van der Waals surface area contributed by atoms with Crippen molar-refractivity contribution in [1.82, 2.24) is 9.88 Å². The van der Waals surface area contributed by atoms with Gasteiger partial charge in [0.05, 0.1) is 5.56 Å². The van der Waals surface area contributed by atoms with Gasteiger partial charge in [0.25, 0.3) is 5.91 Å². The lowest BCUT2D eigenvalue weighted by molar-refractivity contribution is 0.0792. The number of carbonyl (C=O) groups is 1. The minimum atomic E-state index is -0.272. The molecular weight excluding hydrogens is 358 g/mol. The minimum Gasteiger partial charge on any atom is -0.337 e. The number of aromatic nitrogens is 1. The molecule has 0 radical (unpaired) electrons. The van der Waals surface area contributed by atoms with E-state index in [2.05, 4.69) is 20.9 Å². The summed E-state index contributed by atoms with van der Waals surface area (Å²) < 4.78 is 0.865. The number of rotatable bonds is 1. The Balaban J connectivity index is 0.00000161. The normalized spacial score (nSPS) is 17.8. The number of nitrogens with zero attached hydrogens (tertiary/aromatic N) is 1. The molecule has 21 heavy (non-hydrogen) atoms. The number of nitrogens with one attached hydrogen (secondary N) is 1. The molecule has 2 heterocycles. The van der Waals surface area contributed by atoms with Crippen LogP contribution in [0.15, 0.2) is 33.5 Å². The predicted octanol–water partition coefficient (Wildman–Crippen LogP) is 1.89. The van der Waals surface area contributed by atoms with Crippen LogP contribution in [-0.4, -0.2) is 34.9 Å². The number of halogens is 2. The van der Waals surface area contributed by atoms with Crippen LogP contribution in [0.25, 0.3) is 10.9 Å². The Kier molecular flexibility index (Phi) is 4.70. The maximum atomic E-state index is 12.6. The van der Waals surface area contributed by atoms with Gasteiger partial charge in [-0.05, 0) is 24.6 Å². The van der Waals surface area contributed by atoms with Crippen molar-refractivity contribution < 1.29 is 4.79 Å². The average molecular weight is 373 g/mol. The Morgan fingerprint density at radius 1 is 1.38 bits per heavy atom. The smallest absolute Gasteiger partial charge is 0.254 e. The number of carbonyl (C=O) groups excluding carboxylic acids is 1. The Morgan fingerprint density at radius 2 is 2.14 bits per heavy atom. The van der Waals surface area contributed by atoms with Crippen LogP contribution in [-0.2, 0) is 0 Å². The number of amides is 1. The maximum Gasteiger partial charge on any atom is 0.254 e. The lowest BCUT2D eigenvalue weighted by atomic mass is 10.1. The molecule has 1 aliphatic heterocycles. The van der Waals surface area contributed by atoms with Gasteiger partial charge in [-0.1, -0.05) is 15.9 Å². The molecule has 1 saturated heterocycles. The van der Waals surface area contributed by atoms with Crippen LogP contribution < -0.4 is 11.3 Å². The monoisotopic (exact) mass is 371 g/mol. The molecule has 1 aromatic heterocycles. The molecule has 1 atom stereocenters. The molecule has 7 heteroatoms. The van der Waals surface area contributed by atoms with E-state index >= 15 is 0 Å². The summed E-state index contributed by atoms with van der Waals surface area (Å²) in [6.07, 6.45) is 0.802. The molecule has 5 nitrogen and oxygen atoms in total. The number of pyridine rings is 1. The SMILES string of the molecule is Cl.N[C@H]1CCN(C(=O)c2cc(=O)[nH]c3ccc(Br)cc23)C1. The molecule has 1 aliphatic rings. The number of aromatic amines is 1. The van der Waals surface area contributed by atoms with E-state index in [9.17, 15) is 9.59 Å². The molecule has 0 aliphatic carbocycles. The van der Waals surface area contributed by atoms with Crippen LogP contribution in [0, 0.1) is 0 Å². The zero-order valence-corrected chi connectivity index (χ0v) is 13.5. The van der Waals surface area contributed by atoms with Crippen molar-refractivity contribution in [1.29, 1.82) is 0 Å². The third kappa shape index (κ3) is 3.12. The molecule has 1 aromatic carbocycles. The number of likely N-dealkylation sites (tertiary alicyclic amines) is 1. The summed E-state index contributed by atoms with van der Waals surface area (Å²) in [6.45, 7) is 1.18. The molecule has 0 spiro atoms. The van der Waals surface area contributed by atoms with Gasteiger partial charge in [-0.2, -0.15) is 0 Å². The minimum absolute atomic E-state index is 0. The molecule has 3 N–H and O–H groups in total. The highest BCUT2D eigenvalue weighted by atomic mass is 79.9. The van der Waals surface area contributed by atoms with E-state index in [1.54, 1.807) is 11.0 Å². The van der Waals surface area contributed by atoms with Crippen LogP contribution in [0.4, 0.5) is 0 Å². The van der Waals surface area contributed by atoms with Crippen LogP contribution >= 0.6 is 28.3 Å². The lowest BCUT2D eigenvalue weighted by Crippen LogP contribution is -2.32. The first-order chi connectivity index (χ1) is 9.54. The van der Waals surface area contributed by atoms with Crippen molar-refractivity contribution in [2.75, 3.05) is 13.1 Å². The number of fused-ring (bicyclic) bond motifs is 1. The second-order valence-corrected chi connectivity index (χ2v) is 5.95. The second-order valence-electron chi connectivity index (χ2n) is 5.04. The topological polar surface area (TPSA) is 79.2 Å². The van der Waals surface area contributed by atoms with E-state index in [4.69, 9.17) is 5.73 Å². The van der Waals surface area contributed by atoms with E-state index in [-0.39, 0.29) is 29.9 Å². The molecule has 112 valence electrons. The van der Waals surface area contributed by atoms with Gasteiger partial charge in [0.2, 0.25) is 5.56 Å². The van der Waals surface area contributed by atoms with Crippen LogP contribution in [0.2, 0.25) is 0 Å². The summed E-state index contributed by atoms with van der Waals surface area (Å²) in [5.41, 5.74) is 6.66. The highest BCUT2D eigenvalue weighted by Gasteiger charge is 2.26. The number of benzene rings is 1. The van der Waals surface area contributed by atoms with Crippen LogP contribution in [0.3, 0.4) is 0 Å². The van der Waals surface area contributed by atoms with E-state index in [0.29, 0.717) is 24.2 Å². The summed E-state index contributed by atoms with van der Waals surface area (Å²) in [4.78, 5) is 28.7. The van der Waals surface area contributed by atoms with Crippen molar-refractivity contribution in [3.63, 3.8) is 0 Å². The number of nitrogens with two attached hydrogens (primary N) is 1. The fourth-order valence-corrected chi connectivity index (χ4v) is 2.91. The van der Waals surface area contributed by atoms with Crippen molar-refractivity contribution in [3.05, 3.63) is 44.7 Å². The number of hydrogen-bond acceptors (Lipinski definition) is 3. The quantitative estimate of drug-likeness (QED) is 0.802. The highest BCUT2D eigenvalue weighted by molar-refractivity contribution is 9.10. The fraction of sp³-hybridized carbons (Fsp3) is 0.286. The second kappa shape index (κ2) is 6.17. The molecule has 1 fully saturated rings. The van der Waals surface area contributed by atoms with Gasteiger partial charge < -0.3 is 15.6 Å². The Hall–Kier alpha value is -1.37. The summed E-state index contributed by atoms with van der Waals surface area (Å²) in [5.74, 6) is -0.132. The van der Waals surface area contributed by atoms with Gasteiger partial charge in [0, 0.05) is 40.6 Å². The highest BCUT2D eigenvalue weighted by Crippen LogP contribution is 2.22. The zero-order valence-electron chi connectivity index (χ0n) is 11.1. The van der Waals surface area contributed by atoms with Crippen molar-refractivity contribution in [2.24, 2.45) is 5.73 Å². The molecule has 0 bridgehead atoms. The first-order valence-corrected chi connectivity index (χ1v) is 7.21. The zero-order chi connectivity index (χ0) is 14.3. The maximum absolute atomic E-state index is 12.6.